The van der Waals surface area contributed by atoms with E-state index < -0.39 is 0 Å². The van der Waals surface area contributed by atoms with Gasteiger partial charge in [-0.1, -0.05) is 6.07 Å². The molecule has 0 aliphatic carbocycles. The van der Waals surface area contributed by atoms with Gasteiger partial charge in [-0.15, -0.1) is 11.3 Å². The van der Waals surface area contributed by atoms with Crippen LogP contribution in [0.3, 0.4) is 0 Å². The zero-order valence-electron chi connectivity index (χ0n) is 11.9. The van der Waals surface area contributed by atoms with E-state index in [0.717, 1.165) is 10.7 Å². The number of rotatable bonds is 5. The molecule has 110 valence electrons. The van der Waals surface area contributed by atoms with Crippen LogP contribution in [0.5, 0.6) is 0 Å². The summed E-state index contributed by atoms with van der Waals surface area (Å²) in [7, 11) is 1.72. The number of aromatic nitrogens is 4. The van der Waals surface area contributed by atoms with Crippen LogP contribution in [-0.4, -0.2) is 32.4 Å². The Bertz CT molecular complexity index is 804. The summed E-state index contributed by atoms with van der Waals surface area (Å²) < 4.78 is 8.68. The topological polar surface area (TPSA) is 61.4 Å². The molecule has 0 saturated carbocycles. The van der Waals surface area contributed by atoms with Gasteiger partial charge < -0.3 is 4.74 Å². The third-order valence-electron chi connectivity index (χ3n) is 3.20. The quantitative estimate of drug-likeness (QED) is 0.674. The molecule has 7 heteroatoms. The van der Waals surface area contributed by atoms with E-state index in [0.29, 0.717) is 31.1 Å². The Hall–Kier alpha value is -1.99. The molecule has 0 atom stereocenters. The van der Waals surface area contributed by atoms with Crippen LogP contribution in [0, 0.1) is 0 Å². The van der Waals surface area contributed by atoms with E-state index in [1.807, 2.05) is 24.4 Å². The lowest BCUT2D eigenvalue weighted by Crippen LogP contribution is -2.19. The average Bonchev–Trinajstić information content (AvgIpc) is 3.09. The van der Waals surface area contributed by atoms with Crippen LogP contribution in [-0.2, 0) is 18.2 Å². The largest absolute Gasteiger partial charge is 0.381 e. The van der Waals surface area contributed by atoms with Gasteiger partial charge in [-0.3, -0.25) is 4.79 Å². The Morgan fingerprint density at radius 2 is 2.24 bits per heavy atom. The number of nitrogens with zero attached hydrogens (tertiary/aromatic N) is 4. The van der Waals surface area contributed by atoms with E-state index >= 15 is 0 Å². The lowest BCUT2D eigenvalue weighted by molar-refractivity contribution is 0.149. The summed E-state index contributed by atoms with van der Waals surface area (Å²) >= 11 is 1.58. The Kier molecular flexibility index (Phi) is 3.85. The summed E-state index contributed by atoms with van der Waals surface area (Å²) in [6.45, 7) is 3.19. The molecule has 0 saturated heterocycles. The van der Waals surface area contributed by atoms with Gasteiger partial charge in [-0.2, -0.15) is 0 Å². The van der Waals surface area contributed by atoms with E-state index in [9.17, 15) is 4.79 Å². The van der Waals surface area contributed by atoms with Crippen LogP contribution in [0.4, 0.5) is 0 Å². The first-order valence-corrected chi connectivity index (χ1v) is 7.66. The van der Waals surface area contributed by atoms with Crippen molar-refractivity contribution in [2.45, 2.75) is 13.3 Å². The van der Waals surface area contributed by atoms with Gasteiger partial charge >= 0.3 is 0 Å². The molecule has 3 aromatic heterocycles. The van der Waals surface area contributed by atoms with Gasteiger partial charge in [0.25, 0.3) is 5.56 Å². The van der Waals surface area contributed by atoms with Crippen LogP contribution < -0.4 is 5.56 Å². The number of aryl methyl sites for hydroxylation is 1. The third-order valence-corrected chi connectivity index (χ3v) is 4.07. The van der Waals surface area contributed by atoms with Gasteiger partial charge in [-0.05, 0) is 18.4 Å². The zero-order valence-corrected chi connectivity index (χ0v) is 12.8. The summed E-state index contributed by atoms with van der Waals surface area (Å²) in [6.07, 6.45) is 0.632. The van der Waals surface area contributed by atoms with Crippen molar-refractivity contribution in [2.24, 2.45) is 7.05 Å². The van der Waals surface area contributed by atoms with Crippen molar-refractivity contribution in [1.29, 1.82) is 0 Å². The molecular weight excluding hydrogens is 288 g/mol. The highest BCUT2D eigenvalue weighted by atomic mass is 32.1. The van der Waals surface area contributed by atoms with E-state index in [1.165, 1.54) is 10.7 Å². The Balaban J connectivity index is 2.13. The molecule has 3 rings (SSSR count). The molecule has 6 nitrogen and oxygen atoms in total. The maximum atomic E-state index is 11.9. The zero-order chi connectivity index (χ0) is 14.8. The highest BCUT2D eigenvalue weighted by Crippen LogP contribution is 2.21. The Labute approximate surface area is 125 Å². The SMILES string of the molecule is CCOCCc1nc(-c2cccs2)nc2cc(=O)n(C)n12. The van der Waals surface area contributed by atoms with E-state index in [2.05, 4.69) is 9.97 Å². The number of ether oxygens (including phenoxy) is 1. The van der Waals surface area contributed by atoms with E-state index in [4.69, 9.17) is 4.74 Å². The third kappa shape index (κ3) is 2.62. The first-order valence-electron chi connectivity index (χ1n) is 6.78. The smallest absolute Gasteiger partial charge is 0.269 e. The minimum atomic E-state index is -0.0923. The molecule has 0 radical (unpaired) electrons. The van der Waals surface area contributed by atoms with Crippen molar-refractivity contribution in [3.05, 3.63) is 39.8 Å². The number of hydrogen-bond acceptors (Lipinski definition) is 5. The highest BCUT2D eigenvalue weighted by Gasteiger charge is 2.13. The second-order valence-electron chi connectivity index (χ2n) is 4.56. The van der Waals surface area contributed by atoms with Crippen LogP contribution in [0.25, 0.3) is 16.3 Å². The van der Waals surface area contributed by atoms with Gasteiger partial charge in [0.2, 0.25) is 0 Å². The standard InChI is InChI=1S/C14H16N4O2S/c1-3-20-7-6-11-15-14(10-5-4-8-21-10)16-12-9-13(19)17(2)18(11)12/h4-5,8-9H,3,6-7H2,1-2H3. The second kappa shape index (κ2) is 5.79. The molecule has 3 aromatic rings. The molecule has 21 heavy (non-hydrogen) atoms. The summed E-state index contributed by atoms with van der Waals surface area (Å²) in [5.74, 6) is 1.43. The fourth-order valence-electron chi connectivity index (χ4n) is 2.19. The molecule has 0 aliphatic heterocycles. The fourth-order valence-corrected chi connectivity index (χ4v) is 2.85. The normalized spacial score (nSPS) is 11.3. The monoisotopic (exact) mass is 304 g/mol. The molecule has 0 aromatic carbocycles. The lowest BCUT2D eigenvalue weighted by atomic mass is 10.4. The van der Waals surface area contributed by atoms with Gasteiger partial charge in [0.1, 0.15) is 5.82 Å². The van der Waals surface area contributed by atoms with Gasteiger partial charge in [-0.25, -0.2) is 19.2 Å². The lowest BCUT2D eigenvalue weighted by Gasteiger charge is -2.09. The Morgan fingerprint density at radius 3 is 2.95 bits per heavy atom. The molecule has 0 fully saturated rings. The highest BCUT2D eigenvalue weighted by molar-refractivity contribution is 7.13. The molecule has 0 aliphatic rings. The fraction of sp³-hybridized carbons (Fsp3) is 0.357. The van der Waals surface area contributed by atoms with Gasteiger partial charge in [0.05, 0.1) is 11.5 Å². The van der Waals surface area contributed by atoms with Crippen LogP contribution in [0.1, 0.15) is 12.7 Å². The van der Waals surface area contributed by atoms with E-state index in [1.54, 1.807) is 22.9 Å². The maximum absolute atomic E-state index is 11.9. The van der Waals surface area contributed by atoms with Crippen molar-refractivity contribution in [1.82, 2.24) is 19.2 Å². The van der Waals surface area contributed by atoms with Crippen LogP contribution in [0.15, 0.2) is 28.4 Å². The van der Waals surface area contributed by atoms with E-state index in [-0.39, 0.29) is 5.56 Å². The van der Waals surface area contributed by atoms with Gasteiger partial charge in [0.15, 0.2) is 11.5 Å². The minimum Gasteiger partial charge on any atom is -0.381 e. The first-order chi connectivity index (χ1) is 10.2. The van der Waals surface area contributed by atoms with Crippen LogP contribution in [0.2, 0.25) is 0 Å². The Morgan fingerprint density at radius 1 is 1.38 bits per heavy atom. The van der Waals surface area contributed by atoms with Gasteiger partial charge in [0, 0.05) is 26.1 Å². The molecule has 3 heterocycles. The molecule has 0 spiro atoms. The van der Waals surface area contributed by atoms with Crippen molar-refractivity contribution >= 4 is 17.0 Å². The molecular formula is C14H16N4O2S. The predicted molar refractivity (Wildman–Crippen MR) is 81.7 cm³/mol. The van der Waals surface area contributed by atoms with Crippen molar-refractivity contribution in [3.63, 3.8) is 0 Å². The van der Waals surface area contributed by atoms with Crippen LogP contribution >= 0.6 is 11.3 Å². The molecule has 0 unspecified atom stereocenters. The van der Waals surface area contributed by atoms with Crippen molar-refractivity contribution < 1.29 is 4.74 Å². The molecule has 0 amide bonds. The summed E-state index contributed by atoms with van der Waals surface area (Å²) in [5, 5.41) is 1.99. The summed E-state index contributed by atoms with van der Waals surface area (Å²) in [5.41, 5.74) is 0.526. The summed E-state index contributed by atoms with van der Waals surface area (Å²) in [6, 6.07) is 5.47. The number of hydrogen-bond donors (Lipinski definition) is 0. The first kappa shape index (κ1) is 14.0. The summed E-state index contributed by atoms with van der Waals surface area (Å²) in [4.78, 5) is 22.0. The van der Waals surface area contributed by atoms with Crippen molar-refractivity contribution in [3.8, 4) is 10.7 Å². The predicted octanol–water partition coefficient (Wildman–Crippen LogP) is 1.74. The average molecular weight is 304 g/mol. The maximum Gasteiger partial charge on any atom is 0.269 e. The minimum absolute atomic E-state index is 0.0923. The molecule has 0 N–H and O–H groups in total. The second-order valence-corrected chi connectivity index (χ2v) is 5.51. The molecule has 0 bridgehead atoms. The number of fused-ring (bicyclic) bond motifs is 1. The van der Waals surface area contributed by atoms with Crippen molar-refractivity contribution in [2.75, 3.05) is 13.2 Å². The number of thiophene rings is 1.